The smallest absolute Gasteiger partial charge is 0.261 e. The van der Waals surface area contributed by atoms with Gasteiger partial charge in [-0.25, -0.2) is 0 Å². The molecule has 1 atom stereocenters. The Kier molecular flexibility index (Phi) is 8.99. The number of carbonyl (C=O) groups excluding carboxylic acids is 2. The molecule has 0 bridgehead atoms. The second-order valence-corrected chi connectivity index (χ2v) is 10.0. The van der Waals surface area contributed by atoms with E-state index >= 15 is 0 Å². The van der Waals surface area contributed by atoms with Gasteiger partial charge >= 0.3 is 0 Å². The predicted molar refractivity (Wildman–Crippen MR) is 130 cm³/mol. The van der Waals surface area contributed by atoms with Crippen molar-refractivity contribution in [1.82, 2.24) is 10.2 Å². The number of rotatable bonds is 8. The molecule has 0 saturated heterocycles. The molecular weight excluding hydrogens is 447 g/mol. The standard InChI is InChI=1S/C25H32Cl2N2O3/c1-16(2)28-24(31)17(3)29(14-18-7-10-20(26)13-22(18)27)23(30)15-32-21-11-8-19(9-12-21)25(4,5)6/h7-13,16-17H,14-15H2,1-6H3,(H,28,31). The van der Waals surface area contributed by atoms with E-state index in [2.05, 4.69) is 26.1 Å². The van der Waals surface area contributed by atoms with Crippen LogP contribution in [0.3, 0.4) is 0 Å². The van der Waals surface area contributed by atoms with Crippen LogP contribution in [0.25, 0.3) is 0 Å². The molecule has 0 aliphatic rings. The molecule has 2 amide bonds. The predicted octanol–water partition coefficient (Wildman–Crippen LogP) is 5.61. The summed E-state index contributed by atoms with van der Waals surface area (Å²) in [4.78, 5) is 27.2. The van der Waals surface area contributed by atoms with Crippen LogP contribution in [0.4, 0.5) is 0 Å². The highest BCUT2D eigenvalue weighted by molar-refractivity contribution is 6.35. The molecule has 0 aliphatic carbocycles. The van der Waals surface area contributed by atoms with Crippen molar-refractivity contribution in [3.05, 3.63) is 63.6 Å². The number of amides is 2. The number of nitrogens with one attached hydrogen (secondary N) is 1. The fraction of sp³-hybridized carbons (Fsp3) is 0.440. The van der Waals surface area contributed by atoms with Crippen LogP contribution in [0, 0.1) is 0 Å². The summed E-state index contributed by atoms with van der Waals surface area (Å²) in [7, 11) is 0. The summed E-state index contributed by atoms with van der Waals surface area (Å²) in [5.41, 5.74) is 1.90. The topological polar surface area (TPSA) is 58.6 Å². The minimum atomic E-state index is -0.705. The Morgan fingerprint density at radius 1 is 1.03 bits per heavy atom. The van der Waals surface area contributed by atoms with E-state index in [0.717, 1.165) is 0 Å². The first kappa shape index (κ1) is 26.0. The average Bonchev–Trinajstić information content (AvgIpc) is 2.70. The first-order chi connectivity index (χ1) is 14.9. The number of benzene rings is 2. The molecule has 0 heterocycles. The van der Waals surface area contributed by atoms with Crippen molar-refractivity contribution in [3.8, 4) is 5.75 Å². The molecule has 32 heavy (non-hydrogen) atoms. The summed E-state index contributed by atoms with van der Waals surface area (Å²) in [5.74, 6) is 0.0328. The normalized spacial score (nSPS) is 12.4. The van der Waals surface area contributed by atoms with Gasteiger partial charge in [0.15, 0.2) is 6.61 Å². The van der Waals surface area contributed by atoms with Gasteiger partial charge < -0.3 is 15.0 Å². The molecule has 0 radical (unpaired) electrons. The molecule has 7 heteroatoms. The molecule has 1 N–H and O–H groups in total. The van der Waals surface area contributed by atoms with Crippen molar-refractivity contribution in [2.24, 2.45) is 0 Å². The van der Waals surface area contributed by atoms with Gasteiger partial charge in [0.25, 0.3) is 5.91 Å². The first-order valence-electron chi connectivity index (χ1n) is 10.7. The molecular formula is C25H32Cl2N2O3. The third-order valence-corrected chi connectivity index (χ3v) is 5.62. The Morgan fingerprint density at radius 2 is 1.66 bits per heavy atom. The number of carbonyl (C=O) groups is 2. The number of hydrogen-bond acceptors (Lipinski definition) is 3. The van der Waals surface area contributed by atoms with Gasteiger partial charge in [-0.3, -0.25) is 9.59 Å². The lowest BCUT2D eigenvalue weighted by Crippen LogP contribution is -2.50. The number of halogens is 2. The summed E-state index contributed by atoms with van der Waals surface area (Å²) in [6.07, 6.45) is 0. The summed E-state index contributed by atoms with van der Waals surface area (Å²) in [5, 5.41) is 3.79. The lowest BCUT2D eigenvalue weighted by atomic mass is 9.87. The largest absolute Gasteiger partial charge is 0.484 e. The van der Waals surface area contributed by atoms with E-state index < -0.39 is 6.04 Å². The fourth-order valence-electron chi connectivity index (χ4n) is 3.10. The quantitative estimate of drug-likeness (QED) is 0.535. The second-order valence-electron chi connectivity index (χ2n) is 9.16. The van der Waals surface area contributed by atoms with Gasteiger partial charge in [0, 0.05) is 22.6 Å². The van der Waals surface area contributed by atoms with Gasteiger partial charge in [-0.15, -0.1) is 0 Å². The highest BCUT2D eigenvalue weighted by Gasteiger charge is 2.27. The fourth-order valence-corrected chi connectivity index (χ4v) is 3.57. The molecule has 0 spiro atoms. The van der Waals surface area contributed by atoms with E-state index in [0.29, 0.717) is 21.4 Å². The van der Waals surface area contributed by atoms with E-state index in [9.17, 15) is 9.59 Å². The highest BCUT2D eigenvalue weighted by atomic mass is 35.5. The van der Waals surface area contributed by atoms with Gasteiger partial charge in [0.2, 0.25) is 5.91 Å². The zero-order valence-corrected chi connectivity index (χ0v) is 21.1. The third-order valence-electron chi connectivity index (χ3n) is 5.04. The van der Waals surface area contributed by atoms with Crippen LogP contribution in [0.5, 0.6) is 5.75 Å². The molecule has 1 unspecified atom stereocenters. The maximum atomic E-state index is 13.1. The van der Waals surface area contributed by atoms with Gasteiger partial charge in [-0.1, -0.05) is 62.2 Å². The molecule has 0 fully saturated rings. The van der Waals surface area contributed by atoms with Gasteiger partial charge in [0.1, 0.15) is 11.8 Å². The van der Waals surface area contributed by atoms with Crippen molar-refractivity contribution in [2.75, 3.05) is 6.61 Å². The van der Waals surface area contributed by atoms with E-state index in [1.54, 1.807) is 25.1 Å². The molecule has 2 aromatic rings. The minimum absolute atomic E-state index is 0.0300. The van der Waals surface area contributed by atoms with Gasteiger partial charge in [-0.2, -0.15) is 0 Å². The molecule has 2 aromatic carbocycles. The average molecular weight is 479 g/mol. The molecule has 174 valence electrons. The van der Waals surface area contributed by atoms with Crippen LogP contribution in [0.1, 0.15) is 52.7 Å². The lowest BCUT2D eigenvalue weighted by Gasteiger charge is -2.29. The van der Waals surface area contributed by atoms with Crippen LogP contribution >= 0.6 is 23.2 Å². The number of hydrogen-bond donors (Lipinski definition) is 1. The maximum absolute atomic E-state index is 13.1. The molecule has 2 rings (SSSR count). The monoisotopic (exact) mass is 478 g/mol. The van der Waals surface area contributed by atoms with Crippen molar-refractivity contribution in [1.29, 1.82) is 0 Å². The Balaban J connectivity index is 2.18. The highest BCUT2D eigenvalue weighted by Crippen LogP contribution is 2.25. The summed E-state index contributed by atoms with van der Waals surface area (Å²) < 4.78 is 5.74. The zero-order valence-electron chi connectivity index (χ0n) is 19.5. The Bertz CT molecular complexity index is 937. The molecule has 5 nitrogen and oxygen atoms in total. The SMILES string of the molecule is CC(C)NC(=O)C(C)N(Cc1ccc(Cl)cc1Cl)C(=O)COc1ccc(C(C)(C)C)cc1. The lowest BCUT2D eigenvalue weighted by molar-refractivity contribution is -0.142. The Labute approximate surface area is 201 Å². The molecule has 0 aromatic heterocycles. The van der Waals surface area contributed by atoms with Crippen molar-refractivity contribution in [3.63, 3.8) is 0 Å². The Hall–Kier alpha value is -2.24. The Morgan fingerprint density at radius 3 is 2.19 bits per heavy atom. The number of nitrogens with zero attached hydrogens (tertiary/aromatic N) is 1. The summed E-state index contributed by atoms with van der Waals surface area (Å²) >= 11 is 12.3. The molecule has 0 aliphatic heterocycles. The van der Waals surface area contributed by atoms with Gasteiger partial charge in [-0.05, 0) is 61.6 Å². The molecule has 0 saturated carbocycles. The summed E-state index contributed by atoms with van der Waals surface area (Å²) in [6, 6.07) is 12.0. The van der Waals surface area contributed by atoms with Crippen LogP contribution in [-0.4, -0.2) is 35.4 Å². The summed E-state index contributed by atoms with van der Waals surface area (Å²) in [6.45, 7) is 11.8. The van der Waals surface area contributed by atoms with E-state index in [1.165, 1.54) is 10.5 Å². The van der Waals surface area contributed by atoms with Gasteiger partial charge in [0.05, 0.1) is 0 Å². The minimum Gasteiger partial charge on any atom is -0.484 e. The zero-order chi connectivity index (χ0) is 24.1. The van der Waals surface area contributed by atoms with Crippen LogP contribution < -0.4 is 10.1 Å². The maximum Gasteiger partial charge on any atom is 0.261 e. The van der Waals surface area contributed by atoms with Crippen molar-refractivity contribution < 1.29 is 14.3 Å². The van der Waals surface area contributed by atoms with Crippen LogP contribution in [0.15, 0.2) is 42.5 Å². The van der Waals surface area contributed by atoms with Crippen molar-refractivity contribution >= 4 is 35.0 Å². The van der Waals surface area contributed by atoms with Crippen LogP contribution in [-0.2, 0) is 21.5 Å². The van der Waals surface area contributed by atoms with E-state index in [1.807, 2.05) is 38.1 Å². The second kappa shape index (κ2) is 11.1. The van der Waals surface area contributed by atoms with E-state index in [-0.39, 0.29) is 36.4 Å². The number of ether oxygens (including phenoxy) is 1. The first-order valence-corrected chi connectivity index (χ1v) is 11.4. The van der Waals surface area contributed by atoms with Crippen molar-refractivity contribution in [2.45, 2.75) is 65.6 Å². The van der Waals surface area contributed by atoms with Crippen LogP contribution in [0.2, 0.25) is 10.0 Å². The van der Waals surface area contributed by atoms with E-state index in [4.69, 9.17) is 27.9 Å². The third kappa shape index (κ3) is 7.42.